The van der Waals surface area contributed by atoms with Gasteiger partial charge in [-0.05, 0) is 37.9 Å². The third kappa shape index (κ3) is 3.75. The predicted octanol–water partition coefficient (Wildman–Crippen LogP) is 4.48. The maximum Gasteiger partial charge on any atom is 0.134 e. The zero-order valence-corrected chi connectivity index (χ0v) is 14.2. The lowest BCUT2D eigenvalue weighted by Gasteiger charge is -2.25. The van der Waals surface area contributed by atoms with Crippen molar-refractivity contribution in [1.29, 1.82) is 0 Å². The molecule has 0 fully saturated rings. The summed E-state index contributed by atoms with van der Waals surface area (Å²) in [5, 5.41) is 5.42. The molecule has 0 aliphatic rings. The van der Waals surface area contributed by atoms with Crippen LogP contribution < -0.4 is 5.32 Å². The van der Waals surface area contributed by atoms with E-state index in [2.05, 4.69) is 42.5 Å². The summed E-state index contributed by atoms with van der Waals surface area (Å²) in [6, 6.07) is 18.4. The maximum absolute atomic E-state index is 6.34. The second-order valence-corrected chi connectivity index (χ2v) is 6.29. The van der Waals surface area contributed by atoms with E-state index in [4.69, 9.17) is 16.0 Å². The van der Waals surface area contributed by atoms with E-state index in [0.29, 0.717) is 6.54 Å². The average Bonchev–Trinajstić information content (AvgIpc) is 2.95. The van der Waals surface area contributed by atoms with Crippen LogP contribution in [0.25, 0.3) is 11.0 Å². The quantitative estimate of drug-likeness (QED) is 0.723. The highest BCUT2D eigenvalue weighted by atomic mass is 35.5. The van der Waals surface area contributed by atoms with Gasteiger partial charge < -0.3 is 14.6 Å². The number of hydrogen-bond acceptors (Lipinski definition) is 3. The number of benzene rings is 2. The molecule has 1 N–H and O–H groups in total. The summed E-state index contributed by atoms with van der Waals surface area (Å²) in [7, 11) is 4.13. The molecule has 1 aromatic heterocycles. The fourth-order valence-corrected chi connectivity index (χ4v) is 3.03. The van der Waals surface area contributed by atoms with Crippen molar-refractivity contribution in [1.82, 2.24) is 10.2 Å². The first-order valence-corrected chi connectivity index (χ1v) is 8.12. The Labute approximate surface area is 141 Å². The van der Waals surface area contributed by atoms with E-state index < -0.39 is 0 Å². The van der Waals surface area contributed by atoms with Gasteiger partial charge in [-0.15, -0.1) is 0 Å². The van der Waals surface area contributed by atoms with Crippen molar-refractivity contribution in [3.05, 3.63) is 70.9 Å². The van der Waals surface area contributed by atoms with Gasteiger partial charge in [-0.3, -0.25) is 0 Å². The van der Waals surface area contributed by atoms with Gasteiger partial charge in [0.15, 0.2) is 0 Å². The van der Waals surface area contributed by atoms with Crippen LogP contribution in [0.15, 0.2) is 59.0 Å². The van der Waals surface area contributed by atoms with E-state index in [1.54, 1.807) is 0 Å². The maximum atomic E-state index is 6.34. The number of fused-ring (bicyclic) bond motifs is 1. The average molecular weight is 329 g/mol. The molecule has 1 atom stereocenters. The molecule has 0 aliphatic carbocycles. The number of hydrogen-bond donors (Lipinski definition) is 1. The summed E-state index contributed by atoms with van der Waals surface area (Å²) in [6.45, 7) is 1.50. The number of furan rings is 1. The Hall–Kier alpha value is -1.81. The first kappa shape index (κ1) is 16.1. The molecule has 0 radical (unpaired) electrons. The summed E-state index contributed by atoms with van der Waals surface area (Å²) in [4.78, 5) is 2.17. The van der Waals surface area contributed by atoms with Gasteiger partial charge in [0, 0.05) is 23.0 Å². The lowest BCUT2D eigenvalue weighted by atomic mass is 10.1. The van der Waals surface area contributed by atoms with Crippen LogP contribution in [0.1, 0.15) is 17.4 Å². The Balaban J connectivity index is 1.66. The predicted molar refractivity (Wildman–Crippen MR) is 95.8 cm³/mol. The molecule has 3 nitrogen and oxygen atoms in total. The highest BCUT2D eigenvalue weighted by Gasteiger charge is 2.16. The minimum atomic E-state index is 0.216. The Morgan fingerprint density at radius 1 is 1.09 bits per heavy atom. The minimum absolute atomic E-state index is 0.216. The van der Waals surface area contributed by atoms with Gasteiger partial charge in [0.05, 0.1) is 6.54 Å². The van der Waals surface area contributed by atoms with Crippen LogP contribution in [0.5, 0.6) is 0 Å². The van der Waals surface area contributed by atoms with Crippen LogP contribution in [-0.4, -0.2) is 25.5 Å². The highest BCUT2D eigenvalue weighted by Crippen LogP contribution is 2.25. The number of likely N-dealkylation sites (N-methyl/N-ethyl adjacent to an activating group) is 1. The molecule has 0 bridgehead atoms. The lowest BCUT2D eigenvalue weighted by Crippen LogP contribution is -2.31. The van der Waals surface area contributed by atoms with Crippen LogP contribution in [-0.2, 0) is 6.54 Å². The van der Waals surface area contributed by atoms with E-state index in [0.717, 1.165) is 33.9 Å². The zero-order chi connectivity index (χ0) is 16.2. The fraction of sp³-hybridized carbons (Fsp3) is 0.263. The Kier molecular flexibility index (Phi) is 5.01. The van der Waals surface area contributed by atoms with E-state index in [1.165, 1.54) is 0 Å². The van der Waals surface area contributed by atoms with Crippen molar-refractivity contribution in [2.75, 3.05) is 20.6 Å². The minimum Gasteiger partial charge on any atom is -0.460 e. The Morgan fingerprint density at radius 3 is 2.57 bits per heavy atom. The molecule has 0 spiro atoms. The van der Waals surface area contributed by atoms with E-state index in [9.17, 15) is 0 Å². The summed E-state index contributed by atoms with van der Waals surface area (Å²) in [6.07, 6.45) is 0. The summed E-state index contributed by atoms with van der Waals surface area (Å²) in [5.41, 5.74) is 2.07. The Bertz CT molecular complexity index is 749. The highest BCUT2D eigenvalue weighted by molar-refractivity contribution is 6.31. The molecule has 0 saturated carbocycles. The molecule has 3 aromatic rings. The SMILES string of the molecule is CN(C)C(CNCc1cc2ccccc2o1)c1ccccc1Cl. The van der Waals surface area contributed by atoms with Crippen LogP contribution in [0, 0.1) is 0 Å². The molecule has 2 aromatic carbocycles. The molecule has 3 rings (SSSR count). The van der Waals surface area contributed by atoms with Gasteiger partial charge in [-0.1, -0.05) is 48.0 Å². The lowest BCUT2D eigenvalue weighted by molar-refractivity contribution is 0.286. The Morgan fingerprint density at radius 2 is 1.83 bits per heavy atom. The van der Waals surface area contributed by atoms with Crippen molar-refractivity contribution in [2.24, 2.45) is 0 Å². The summed E-state index contributed by atoms with van der Waals surface area (Å²) < 4.78 is 5.84. The number of para-hydroxylation sites is 1. The first-order valence-electron chi connectivity index (χ1n) is 7.74. The van der Waals surface area contributed by atoms with Crippen LogP contribution in [0.4, 0.5) is 0 Å². The topological polar surface area (TPSA) is 28.4 Å². The van der Waals surface area contributed by atoms with Crippen molar-refractivity contribution in [3.8, 4) is 0 Å². The second kappa shape index (κ2) is 7.18. The molecule has 0 amide bonds. The standard InChI is InChI=1S/C19H21ClN2O/c1-22(2)18(16-8-4-5-9-17(16)20)13-21-12-15-11-14-7-3-6-10-19(14)23-15/h3-11,18,21H,12-13H2,1-2H3. The van der Waals surface area contributed by atoms with Crippen LogP contribution in [0.3, 0.4) is 0 Å². The van der Waals surface area contributed by atoms with Crippen LogP contribution >= 0.6 is 11.6 Å². The molecular formula is C19H21ClN2O. The van der Waals surface area contributed by atoms with Crippen LogP contribution in [0.2, 0.25) is 5.02 Å². The largest absolute Gasteiger partial charge is 0.460 e. The molecule has 23 heavy (non-hydrogen) atoms. The van der Waals surface area contributed by atoms with Gasteiger partial charge in [0.1, 0.15) is 11.3 Å². The van der Waals surface area contributed by atoms with E-state index in [1.807, 2.05) is 36.4 Å². The molecule has 1 heterocycles. The molecule has 4 heteroatoms. The van der Waals surface area contributed by atoms with Crippen molar-refractivity contribution in [3.63, 3.8) is 0 Å². The van der Waals surface area contributed by atoms with E-state index in [-0.39, 0.29) is 6.04 Å². The molecule has 0 saturated heterocycles. The fourth-order valence-electron chi connectivity index (χ4n) is 2.77. The number of halogens is 1. The van der Waals surface area contributed by atoms with Gasteiger partial charge in [-0.2, -0.15) is 0 Å². The van der Waals surface area contributed by atoms with Gasteiger partial charge >= 0.3 is 0 Å². The second-order valence-electron chi connectivity index (χ2n) is 5.88. The number of nitrogens with zero attached hydrogens (tertiary/aromatic N) is 1. The van der Waals surface area contributed by atoms with Gasteiger partial charge in [0.2, 0.25) is 0 Å². The third-order valence-electron chi connectivity index (χ3n) is 4.00. The van der Waals surface area contributed by atoms with Gasteiger partial charge in [-0.25, -0.2) is 0 Å². The smallest absolute Gasteiger partial charge is 0.134 e. The van der Waals surface area contributed by atoms with E-state index >= 15 is 0 Å². The first-order chi connectivity index (χ1) is 11.1. The molecule has 0 aliphatic heterocycles. The monoisotopic (exact) mass is 328 g/mol. The summed E-state index contributed by atoms with van der Waals surface area (Å²) in [5.74, 6) is 0.947. The van der Waals surface area contributed by atoms with Crippen molar-refractivity contribution >= 4 is 22.6 Å². The number of nitrogens with one attached hydrogen (secondary N) is 1. The zero-order valence-electron chi connectivity index (χ0n) is 13.4. The molecular weight excluding hydrogens is 308 g/mol. The number of rotatable bonds is 6. The normalized spacial score (nSPS) is 12.9. The van der Waals surface area contributed by atoms with Crippen molar-refractivity contribution in [2.45, 2.75) is 12.6 Å². The van der Waals surface area contributed by atoms with Crippen molar-refractivity contribution < 1.29 is 4.42 Å². The molecule has 120 valence electrons. The summed E-state index contributed by atoms with van der Waals surface area (Å²) >= 11 is 6.34. The molecule has 1 unspecified atom stereocenters. The van der Waals surface area contributed by atoms with Gasteiger partial charge in [0.25, 0.3) is 0 Å². The third-order valence-corrected chi connectivity index (χ3v) is 4.35.